The van der Waals surface area contributed by atoms with Crippen LogP contribution in [0.3, 0.4) is 0 Å². The normalized spacial score (nSPS) is 12.9. The maximum atomic E-state index is 11.6. The first-order chi connectivity index (χ1) is 8.24. The lowest BCUT2D eigenvalue weighted by Gasteiger charge is -2.19. The minimum atomic E-state index is -0.484. The number of ether oxygens (including phenoxy) is 1. The Balaban J connectivity index is 3.79. The van der Waals surface area contributed by atoms with Gasteiger partial charge in [-0.15, -0.1) is 0 Å². The van der Waals surface area contributed by atoms with Gasteiger partial charge in [-0.2, -0.15) is 0 Å². The lowest BCUT2D eigenvalue weighted by Crippen LogP contribution is -2.33. The zero-order valence-corrected chi connectivity index (χ0v) is 12.3. The number of hydrogen-bond acceptors (Lipinski definition) is 3. The van der Waals surface area contributed by atoms with Crippen molar-refractivity contribution in [2.45, 2.75) is 78.4 Å². The van der Waals surface area contributed by atoms with Crippen LogP contribution in [0.5, 0.6) is 0 Å². The van der Waals surface area contributed by atoms with Crippen molar-refractivity contribution in [1.29, 1.82) is 0 Å². The van der Waals surface area contributed by atoms with Crippen molar-refractivity contribution in [2.24, 2.45) is 0 Å². The molecular weight excluding hydrogens is 230 g/mol. The number of unbranched alkanes of at least 4 members (excludes halogenated alkanes) is 1. The Bertz CT molecular complexity index is 269. The van der Waals surface area contributed by atoms with Gasteiger partial charge in [0.1, 0.15) is 5.60 Å². The van der Waals surface area contributed by atoms with Gasteiger partial charge in [-0.05, 0) is 34.1 Å². The van der Waals surface area contributed by atoms with E-state index in [9.17, 15) is 9.59 Å². The number of carbonyl (C=O) groups is 2. The average molecular weight is 257 g/mol. The van der Waals surface area contributed by atoms with Crippen LogP contribution in [0.4, 0.5) is 0 Å². The summed E-state index contributed by atoms with van der Waals surface area (Å²) in [6, 6.07) is 0.177. The van der Waals surface area contributed by atoms with Crippen molar-refractivity contribution in [3.8, 4) is 0 Å². The SMILES string of the molecule is CCCCC(C)NC(=O)CCC(=O)OC(C)(C)C. The zero-order chi connectivity index (χ0) is 14.2. The number of carbonyl (C=O) groups excluding carboxylic acids is 2. The molecule has 106 valence electrons. The van der Waals surface area contributed by atoms with Crippen LogP contribution in [0, 0.1) is 0 Å². The van der Waals surface area contributed by atoms with Gasteiger partial charge >= 0.3 is 5.97 Å². The minimum absolute atomic E-state index is 0.0792. The van der Waals surface area contributed by atoms with E-state index in [0.29, 0.717) is 0 Å². The van der Waals surface area contributed by atoms with E-state index in [-0.39, 0.29) is 30.8 Å². The average Bonchev–Trinajstić information content (AvgIpc) is 2.21. The molecule has 0 fully saturated rings. The Hall–Kier alpha value is -1.06. The van der Waals surface area contributed by atoms with Crippen LogP contribution in [0.25, 0.3) is 0 Å². The van der Waals surface area contributed by atoms with Crippen molar-refractivity contribution in [1.82, 2.24) is 5.32 Å². The second kappa shape index (κ2) is 8.11. The van der Waals surface area contributed by atoms with Gasteiger partial charge in [-0.1, -0.05) is 19.8 Å². The monoisotopic (exact) mass is 257 g/mol. The highest BCUT2D eigenvalue weighted by molar-refractivity contribution is 5.81. The molecule has 1 N–H and O–H groups in total. The summed E-state index contributed by atoms with van der Waals surface area (Å²) < 4.78 is 5.14. The molecule has 0 aromatic heterocycles. The molecule has 0 saturated heterocycles. The lowest BCUT2D eigenvalue weighted by atomic mass is 10.1. The van der Waals surface area contributed by atoms with Crippen molar-refractivity contribution >= 4 is 11.9 Å². The number of nitrogens with one attached hydrogen (secondary N) is 1. The van der Waals surface area contributed by atoms with Crippen LogP contribution in [-0.2, 0) is 14.3 Å². The number of rotatable bonds is 7. The van der Waals surface area contributed by atoms with E-state index in [2.05, 4.69) is 12.2 Å². The maximum absolute atomic E-state index is 11.6. The molecule has 0 bridgehead atoms. The summed E-state index contributed by atoms with van der Waals surface area (Å²) >= 11 is 0. The van der Waals surface area contributed by atoms with E-state index >= 15 is 0 Å². The number of hydrogen-bond donors (Lipinski definition) is 1. The van der Waals surface area contributed by atoms with E-state index in [0.717, 1.165) is 19.3 Å². The van der Waals surface area contributed by atoms with Crippen molar-refractivity contribution in [2.75, 3.05) is 0 Å². The van der Waals surface area contributed by atoms with Crippen molar-refractivity contribution < 1.29 is 14.3 Å². The molecule has 4 nitrogen and oxygen atoms in total. The Morgan fingerprint density at radius 2 is 1.83 bits per heavy atom. The molecule has 0 radical (unpaired) electrons. The highest BCUT2D eigenvalue weighted by atomic mass is 16.6. The lowest BCUT2D eigenvalue weighted by molar-refractivity contribution is -0.155. The fourth-order valence-corrected chi connectivity index (χ4v) is 1.54. The fraction of sp³-hybridized carbons (Fsp3) is 0.857. The summed E-state index contributed by atoms with van der Waals surface area (Å²) in [6.07, 6.45) is 3.55. The smallest absolute Gasteiger partial charge is 0.306 e. The minimum Gasteiger partial charge on any atom is -0.460 e. The first kappa shape index (κ1) is 16.9. The van der Waals surface area contributed by atoms with Gasteiger partial charge in [0.25, 0.3) is 0 Å². The predicted octanol–water partition coefficient (Wildman–Crippen LogP) is 2.80. The number of amides is 1. The molecule has 0 aliphatic rings. The summed E-state index contributed by atoms with van der Waals surface area (Å²) in [5, 5.41) is 2.89. The third-order valence-electron chi connectivity index (χ3n) is 2.37. The van der Waals surface area contributed by atoms with Gasteiger partial charge in [0.15, 0.2) is 0 Å². The largest absolute Gasteiger partial charge is 0.460 e. The molecule has 18 heavy (non-hydrogen) atoms. The predicted molar refractivity (Wildman–Crippen MR) is 72.2 cm³/mol. The first-order valence-electron chi connectivity index (χ1n) is 6.75. The molecule has 0 rings (SSSR count). The zero-order valence-electron chi connectivity index (χ0n) is 12.3. The Kier molecular flexibility index (Phi) is 7.64. The van der Waals surface area contributed by atoms with Crippen LogP contribution in [0.2, 0.25) is 0 Å². The maximum Gasteiger partial charge on any atom is 0.306 e. The molecule has 0 aliphatic heterocycles. The second-order valence-corrected chi connectivity index (χ2v) is 5.70. The van der Waals surface area contributed by atoms with Crippen LogP contribution < -0.4 is 5.32 Å². The van der Waals surface area contributed by atoms with Gasteiger partial charge < -0.3 is 10.1 Å². The number of esters is 1. The molecule has 1 atom stereocenters. The molecular formula is C14H27NO3. The van der Waals surface area contributed by atoms with Gasteiger partial charge in [-0.3, -0.25) is 9.59 Å². The summed E-state index contributed by atoms with van der Waals surface area (Å²) in [4.78, 5) is 23.0. The summed E-state index contributed by atoms with van der Waals surface area (Å²) in [7, 11) is 0. The molecule has 4 heteroatoms. The molecule has 0 aromatic carbocycles. The highest BCUT2D eigenvalue weighted by Gasteiger charge is 2.17. The quantitative estimate of drug-likeness (QED) is 0.713. The molecule has 0 spiro atoms. The Labute approximate surface area is 110 Å². The standard InChI is InChI=1S/C14H27NO3/c1-6-7-8-11(2)15-12(16)9-10-13(17)18-14(3,4)5/h11H,6-10H2,1-5H3,(H,15,16). The second-order valence-electron chi connectivity index (χ2n) is 5.70. The van der Waals surface area contributed by atoms with Gasteiger partial charge in [-0.25, -0.2) is 0 Å². The van der Waals surface area contributed by atoms with Gasteiger partial charge in [0.2, 0.25) is 5.91 Å². The van der Waals surface area contributed by atoms with E-state index in [1.807, 2.05) is 27.7 Å². The molecule has 1 unspecified atom stereocenters. The molecule has 0 aromatic rings. The van der Waals surface area contributed by atoms with Crippen LogP contribution in [-0.4, -0.2) is 23.5 Å². The Morgan fingerprint density at radius 1 is 1.22 bits per heavy atom. The highest BCUT2D eigenvalue weighted by Crippen LogP contribution is 2.09. The summed E-state index contributed by atoms with van der Waals surface area (Å²) in [5.41, 5.74) is -0.484. The van der Waals surface area contributed by atoms with E-state index in [4.69, 9.17) is 4.74 Å². The first-order valence-corrected chi connectivity index (χ1v) is 6.75. The van der Waals surface area contributed by atoms with Gasteiger partial charge in [0, 0.05) is 12.5 Å². The van der Waals surface area contributed by atoms with Crippen molar-refractivity contribution in [3.05, 3.63) is 0 Å². The topological polar surface area (TPSA) is 55.4 Å². The van der Waals surface area contributed by atoms with E-state index < -0.39 is 5.60 Å². The Morgan fingerprint density at radius 3 is 2.33 bits per heavy atom. The summed E-state index contributed by atoms with van der Waals surface area (Å²) in [6.45, 7) is 9.56. The van der Waals surface area contributed by atoms with E-state index in [1.165, 1.54) is 0 Å². The molecule has 0 saturated carbocycles. The fourth-order valence-electron chi connectivity index (χ4n) is 1.54. The third kappa shape index (κ3) is 10.1. The molecule has 0 aliphatic carbocycles. The van der Waals surface area contributed by atoms with Crippen LogP contribution in [0.15, 0.2) is 0 Å². The molecule has 0 heterocycles. The summed E-state index contributed by atoms with van der Waals surface area (Å²) in [5.74, 6) is -0.400. The third-order valence-corrected chi connectivity index (χ3v) is 2.37. The van der Waals surface area contributed by atoms with E-state index in [1.54, 1.807) is 0 Å². The van der Waals surface area contributed by atoms with Crippen molar-refractivity contribution in [3.63, 3.8) is 0 Å². The molecule has 1 amide bonds. The van der Waals surface area contributed by atoms with Gasteiger partial charge in [0.05, 0.1) is 6.42 Å². The van der Waals surface area contributed by atoms with Crippen LogP contribution >= 0.6 is 0 Å². The van der Waals surface area contributed by atoms with Crippen LogP contribution in [0.1, 0.15) is 66.7 Å².